The van der Waals surface area contributed by atoms with Crippen LogP contribution in [-0.2, 0) is 6.42 Å². The molecule has 3 heteroatoms. The van der Waals surface area contributed by atoms with Crippen molar-refractivity contribution in [2.24, 2.45) is 5.73 Å². The van der Waals surface area contributed by atoms with E-state index < -0.39 is 5.82 Å². The van der Waals surface area contributed by atoms with Crippen molar-refractivity contribution in [3.8, 4) is 5.75 Å². The van der Waals surface area contributed by atoms with Crippen LogP contribution in [0.5, 0.6) is 5.75 Å². The van der Waals surface area contributed by atoms with E-state index >= 15 is 0 Å². The number of rotatable bonds is 3. The van der Waals surface area contributed by atoms with Crippen LogP contribution >= 0.6 is 0 Å². The highest BCUT2D eigenvalue weighted by Gasteiger charge is 2.07. The Hall–Kier alpha value is -1.09. The standard InChI is InChI=1S/C10H14FNO/c1-7-5-8(3-2-4-12)10(13)9(11)6-7/h5-6,13H,2-4,12H2,1H3. The molecule has 0 fully saturated rings. The number of benzene rings is 1. The van der Waals surface area contributed by atoms with Gasteiger partial charge in [-0.05, 0) is 43.5 Å². The Bertz CT molecular complexity index is 299. The third kappa shape index (κ3) is 2.42. The Balaban J connectivity index is 2.92. The monoisotopic (exact) mass is 183 g/mol. The van der Waals surface area contributed by atoms with Crippen molar-refractivity contribution in [2.75, 3.05) is 6.54 Å². The molecule has 0 aliphatic heterocycles. The van der Waals surface area contributed by atoms with E-state index in [0.29, 0.717) is 18.5 Å². The van der Waals surface area contributed by atoms with Crippen LogP contribution in [0.25, 0.3) is 0 Å². The SMILES string of the molecule is Cc1cc(F)c(O)c(CCCN)c1. The van der Waals surface area contributed by atoms with Crippen LogP contribution in [0.4, 0.5) is 4.39 Å². The number of nitrogens with two attached hydrogens (primary N) is 1. The molecule has 0 amide bonds. The topological polar surface area (TPSA) is 46.2 Å². The van der Waals surface area contributed by atoms with Crippen LogP contribution in [0.2, 0.25) is 0 Å². The number of phenols is 1. The highest BCUT2D eigenvalue weighted by Crippen LogP contribution is 2.23. The van der Waals surface area contributed by atoms with Gasteiger partial charge in [-0.2, -0.15) is 0 Å². The van der Waals surface area contributed by atoms with E-state index in [1.807, 2.05) is 0 Å². The van der Waals surface area contributed by atoms with E-state index in [-0.39, 0.29) is 5.75 Å². The van der Waals surface area contributed by atoms with Gasteiger partial charge in [-0.25, -0.2) is 4.39 Å². The first-order valence-corrected chi connectivity index (χ1v) is 4.33. The zero-order valence-electron chi connectivity index (χ0n) is 7.68. The lowest BCUT2D eigenvalue weighted by Gasteiger charge is -2.05. The highest BCUT2D eigenvalue weighted by atomic mass is 19.1. The number of aromatic hydroxyl groups is 1. The molecule has 3 N–H and O–H groups in total. The van der Waals surface area contributed by atoms with Crippen molar-refractivity contribution in [1.29, 1.82) is 0 Å². The second kappa shape index (κ2) is 4.23. The Kier molecular flexibility index (Phi) is 3.25. The minimum atomic E-state index is -0.549. The predicted molar refractivity (Wildman–Crippen MR) is 50.2 cm³/mol. The van der Waals surface area contributed by atoms with Crippen molar-refractivity contribution in [3.05, 3.63) is 29.1 Å². The largest absolute Gasteiger partial charge is 0.505 e. The van der Waals surface area contributed by atoms with E-state index in [2.05, 4.69) is 0 Å². The Labute approximate surface area is 77.2 Å². The van der Waals surface area contributed by atoms with E-state index in [1.54, 1.807) is 13.0 Å². The molecule has 1 rings (SSSR count). The molecule has 1 aromatic carbocycles. The van der Waals surface area contributed by atoms with Gasteiger partial charge in [0.05, 0.1) is 0 Å². The van der Waals surface area contributed by atoms with Gasteiger partial charge >= 0.3 is 0 Å². The van der Waals surface area contributed by atoms with Crippen molar-refractivity contribution < 1.29 is 9.50 Å². The number of hydrogen-bond acceptors (Lipinski definition) is 2. The van der Waals surface area contributed by atoms with E-state index in [0.717, 1.165) is 12.0 Å². The smallest absolute Gasteiger partial charge is 0.165 e. The quantitative estimate of drug-likeness (QED) is 0.749. The minimum Gasteiger partial charge on any atom is -0.505 e. The molecule has 0 saturated carbocycles. The first kappa shape index (κ1) is 9.99. The Morgan fingerprint density at radius 2 is 2.15 bits per heavy atom. The van der Waals surface area contributed by atoms with Crippen LogP contribution in [-0.4, -0.2) is 11.7 Å². The number of phenolic OH excluding ortho intramolecular Hbond substituents is 1. The molecule has 0 aliphatic carbocycles. The van der Waals surface area contributed by atoms with Crippen molar-refractivity contribution in [2.45, 2.75) is 19.8 Å². The molecular formula is C10H14FNO. The zero-order chi connectivity index (χ0) is 9.84. The summed E-state index contributed by atoms with van der Waals surface area (Å²) in [4.78, 5) is 0. The lowest BCUT2D eigenvalue weighted by molar-refractivity contribution is 0.425. The fourth-order valence-electron chi connectivity index (χ4n) is 1.29. The maximum absolute atomic E-state index is 13.0. The maximum Gasteiger partial charge on any atom is 0.165 e. The van der Waals surface area contributed by atoms with Gasteiger partial charge in [-0.3, -0.25) is 0 Å². The molecule has 0 bridgehead atoms. The fraction of sp³-hybridized carbons (Fsp3) is 0.400. The molecule has 0 radical (unpaired) electrons. The van der Waals surface area contributed by atoms with Gasteiger partial charge in [0, 0.05) is 0 Å². The van der Waals surface area contributed by atoms with E-state index in [1.165, 1.54) is 6.07 Å². The molecule has 0 unspecified atom stereocenters. The van der Waals surface area contributed by atoms with Crippen molar-refractivity contribution in [3.63, 3.8) is 0 Å². The summed E-state index contributed by atoms with van der Waals surface area (Å²) in [6, 6.07) is 3.11. The van der Waals surface area contributed by atoms with Gasteiger partial charge in [-0.1, -0.05) is 6.07 Å². The van der Waals surface area contributed by atoms with Crippen LogP contribution in [0.1, 0.15) is 17.5 Å². The lowest BCUT2D eigenvalue weighted by Crippen LogP contribution is -2.01. The molecule has 0 aliphatic rings. The second-order valence-electron chi connectivity index (χ2n) is 3.15. The lowest BCUT2D eigenvalue weighted by atomic mass is 10.1. The summed E-state index contributed by atoms with van der Waals surface area (Å²) >= 11 is 0. The van der Waals surface area contributed by atoms with Gasteiger partial charge < -0.3 is 10.8 Å². The summed E-state index contributed by atoms with van der Waals surface area (Å²) in [6.45, 7) is 2.35. The Morgan fingerprint density at radius 1 is 1.46 bits per heavy atom. The average Bonchev–Trinajstić information content (AvgIpc) is 2.09. The molecule has 0 aromatic heterocycles. The molecule has 72 valence electrons. The first-order chi connectivity index (χ1) is 6.15. The Morgan fingerprint density at radius 3 is 2.77 bits per heavy atom. The van der Waals surface area contributed by atoms with E-state index in [9.17, 15) is 9.50 Å². The highest BCUT2D eigenvalue weighted by molar-refractivity contribution is 5.37. The summed E-state index contributed by atoms with van der Waals surface area (Å²) in [5.41, 5.74) is 6.79. The summed E-state index contributed by atoms with van der Waals surface area (Å²) < 4.78 is 13.0. The summed E-state index contributed by atoms with van der Waals surface area (Å²) in [5.74, 6) is -0.786. The number of hydrogen-bond donors (Lipinski definition) is 2. The van der Waals surface area contributed by atoms with Crippen LogP contribution in [0, 0.1) is 12.7 Å². The summed E-state index contributed by atoms with van der Waals surface area (Å²) in [6.07, 6.45) is 1.39. The van der Waals surface area contributed by atoms with Crippen LogP contribution < -0.4 is 5.73 Å². The zero-order valence-corrected chi connectivity index (χ0v) is 7.68. The van der Waals surface area contributed by atoms with Crippen molar-refractivity contribution >= 4 is 0 Å². The average molecular weight is 183 g/mol. The summed E-state index contributed by atoms with van der Waals surface area (Å²) in [7, 11) is 0. The van der Waals surface area contributed by atoms with Gasteiger partial charge in [0.15, 0.2) is 11.6 Å². The van der Waals surface area contributed by atoms with E-state index in [4.69, 9.17) is 5.73 Å². The van der Waals surface area contributed by atoms with Gasteiger partial charge in [-0.15, -0.1) is 0 Å². The van der Waals surface area contributed by atoms with Gasteiger partial charge in [0.25, 0.3) is 0 Å². The molecule has 13 heavy (non-hydrogen) atoms. The van der Waals surface area contributed by atoms with Crippen molar-refractivity contribution in [1.82, 2.24) is 0 Å². The third-order valence-electron chi connectivity index (χ3n) is 1.94. The van der Waals surface area contributed by atoms with Crippen LogP contribution in [0.15, 0.2) is 12.1 Å². The predicted octanol–water partition coefficient (Wildman–Crippen LogP) is 1.73. The van der Waals surface area contributed by atoms with Gasteiger partial charge in [0.1, 0.15) is 0 Å². The minimum absolute atomic E-state index is 0.237. The number of halogens is 1. The molecular weight excluding hydrogens is 169 g/mol. The maximum atomic E-state index is 13.0. The molecule has 2 nitrogen and oxygen atoms in total. The molecule has 0 heterocycles. The number of aryl methyl sites for hydroxylation is 2. The fourth-order valence-corrected chi connectivity index (χ4v) is 1.29. The normalized spacial score (nSPS) is 10.4. The molecule has 0 atom stereocenters. The summed E-state index contributed by atoms with van der Waals surface area (Å²) in [5, 5.41) is 9.33. The van der Waals surface area contributed by atoms with Crippen LogP contribution in [0.3, 0.4) is 0 Å². The third-order valence-corrected chi connectivity index (χ3v) is 1.94. The molecule has 1 aromatic rings. The first-order valence-electron chi connectivity index (χ1n) is 4.33. The van der Waals surface area contributed by atoms with Gasteiger partial charge in [0.2, 0.25) is 0 Å². The molecule has 0 saturated heterocycles. The molecule has 0 spiro atoms. The second-order valence-corrected chi connectivity index (χ2v) is 3.15.